The smallest absolute Gasteiger partial charge is 0.0876 e. The van der Waals surface area contributed by atoms with Gasteiger partial charge in [-0.1, -0.05) is 0 Å². The molecule has 3 aliphatic rings. The van der Waals surface area contributed by atoms with E-state index in [-0.39, 0.29) is 0 Å². The fourth-order valence-corrected chi connectivity index (χ4v) is 3.26. The minimum Gasteiger partial charge on any atom is -0.369 e. The number of rotatable bonds is 1. The van der Waals surface area contributed by atoms with Gasteiger partial charge >= 0.3 is 0 Å². The van der Waals surface area contributed by atoms with E-state index in [1.807, 2.05) is 0 Å². The van der Waals surface area contributed by atoms with Crippen molar-refractivity contribution in [3.05, 3.63) is 0 Å². The van der Waals surface area contributed by atoms with Crippen LogP contribution in [0.5, 0.6) is 0 Å². The molecule has 0 amide bonds. The van der Waals surface area contributed by atoms with E-state index in [4.69, 9.17) is 16.3 Å². The van der Waals surface area contributed by atoms with Crippen molar-refractivity contribution in [1.29, 1.82) is 0 Å². The molecule has 2 heteroatoms. The number of hydrogen-bond acceptors (Lipinski definition) is 1. The molecule has 3 fully saturated rings. The molecule has 0 spiro atoms. The van der Waals surface area contributed by atoms with Crippen molar-refractivity contribution >= 4 is 11.6 Å². The van der Waals surface area contributed by atoms with Crippen LogP contribution in [0.3, 0.4) is 0 Å². The number of ether oxygens (including phenoxy) is 1. The lowest BCUT2D eigenvalue weighted by Crippen LogP contribution is -2.18. The quantitative estimate of drug-likeness (QED) is 0.418. The molecule has 1 saturated heterocycles. The summed E-state index contributed by atoms with van der Waals surface area (Å²) < 4.78 is 5.51. The molecule has 0 radical (unpaired) electrons. The Morgan fingerprint density at radius 3 is 2.80 bits per heavy atom. The van der Waals surface area contributed by atoms with Crippen LogP contribution in [0.4, 0.5) is 0 Å². The van der Waals surface area contributed by atoms with Gasteiger partial charge < -0.3 is 4.74 Å². The molecule has 2 saturated carbocycles. The monoisotopic (exact) mass is 158 g/mol. The Kier molecular flexibility index (Phi) is 0.993. The van der Waals surface area contributed by atoms with E-state index in [9.17, 15) is 0 Å². The molecule has 0 unspecified atom stereocenters. The van der Waals surface area contributed by atoms with Crippen LogP contribution in [0.2, 0.25) is 0 Å². The van der Waals surface area contributed by atoms with Crippen molar-refractivity contribution in [3.63, 3.8) is 0 Å². The first-order valence-corrected chi connectivity index (χ1v) is 4.65. The van der Waals surface area contributed by atoms with Crippen molar-refractivity contribution in [3.8, 4) is 0 Å². The molecule has 5 atom stereocenters. The highest BCUT2D eigenvalue weighted by atomic mass is 35.5. The Labute approximate surface area is 65.7 Å². The number of halogens is 1. The zero-order valence-corrected chi connectivity index (χ0v) is 6.55. The third-order valence-electron chi connectivity index (χ3n) is 3.43. The summed E-state index contributed by atoms with van der Waals surface area (Å²) in [6.07, 6.45) is 4.06. The van der Waals surface area contributed by atoms with E-state index in [0.717, 1.165) is 23.6 Å². The zero-order chi connectivity index (χ0) is 6.72. The molecule has 0 aromatic heterocycles. The van der Waals surface area contributed by atoms with Crippen LogP contribution in [0, 0.1) is 17.8 Å². The molecule has 1 nitrogen and oxygen atoms in total. The molecule has 0 aromatic carbocycles. The number of epoxide rings is 1. The molecule has 0 N–H and O–H groups in total. The van der Waals surface area contributed by atoms with E-state index in [1.165, 1.54) is 12.8 Å². The molecular weight excluding hydrogens is 148 g/mol. The van der Waals surface area contributed by atoms with Gasteiger partial charge in [-0.25, -0.2) is 0 Å². The first kappa shape index (κ1) is 5.84. The van der Waals surface area contributed by atoms with Gasteiger partial charge in [0.2, 0.25) is 0 Å². The summed E-state index contributed by atoms with van der Waals surface area (Å²) in [6.45, 7) is 0. The van der Waals surface area contributed by atoms with Crippen molar-refractivity contribution in [2.24, 2.45) is 17.8 Å². The molecule has 0 aromatic rings. The Hall–Kier alpha value is 0.250. The Bertz CT molecular complexity index is 171. The minimum absolute atomic E-state index is 0.641. The van der Waals surface area contributed by atoms with Crippen LogP contribution in [0.25, 0.3) is 0 Å². The number of fused-ring (bicyclic) bond motifs is 5. The summed E-state index contributed by atoms with van der Waals surface area (Å²) in [5, 5.41) is 0. The molecule has 10 heavy (non-hydrogen) atoms. The largest absolute Gasteiger partial charge is 0.369 e. The van der Waals surface area contributed by atoms with Gasteiger partial charge in [-0.05, 0) is 30.6 Å². The highest BCUT2D eigenvalue weighted by Gasteiger charge is 2.62. The van der Waals surface area contributed by atoms with Crippen LogP contribution < -0.4 is 0 Å². The lowest BCUT2D eigenvalue weighted by atomic mass is 9.90. The maximum Gasteiger partial charge on any atom is 0.0876 e. The Morgan fingerprint density at radius 1 is 1.30 bits per heavy atom. The second kappa shape index (κ2) is 1.70. The maximum absolute atomic E-state index is 5.83. The van der Waals surface area contributed by atoms with E-state index >= 15 is 0 Å². The van der Waals surface area contributed by atoms with Gasteiger partial charge in [0.05, 0.1) is 12.2 Å². The summed E-state index contributed by atoms with van der Waals surface area (Å²) in [4.78, 5) is 0. The standard InChI is InChI=1S/C8H11ClO/c9-3-5-1-4-2-6(5)8-7(4)10-8/h4-8H,1-3H2/t4-,5-,6+,7+,8+/m0/s1. The van der Waals surface area contributed by atoms with Crippen molar-refractivity contribution in [1.82, 2.24) is 0 Å². The molecule has 1 aliphatic heterocycles. The van der Waals surface area contributed by atoms with Gasteiger partial charge in [0, 0.05) is 5.88 Å². The normalized spacial score (nSPS) is 62.7. The number of alkyl halides is 1. The first-order chi connectivity index (χ1) is 4.90. The average molecular weight is 159 g/mol. The SMILES string of the molecule is ClC[C@@H]1C[C@H]2C[C@H]1[C@H]1O[C@H]21. The molecular formula is C8H11ClO. The zero-order valence-electron chi connectivity index (χ0n) is 5.79. The van der Waals surface area contributed by atoms with Crippen LogP contribution in [-0.4, -0.2) is 18.1 Å². The van der Waals surface area contributed by atoms with E-state index in [0.29, 0.717) is 12.2 Å². The highest BCUT2D eigenvalue weighted by Crippen LogP contribution is 2.58. The molecule has 2 bridgehead atoms. The van der Waals surface area contributed by atoms with E-state index in [1.54, 1.807) is 0 Å². The topological polar surface area (TPSA) is 12.5 Å². The predicted molar refractivity (Wildman–Crippen MR) is 39.1 cm³/mol. The van der Waals surface area contributed by atoms with Gasteiger partial charge in [0.1, 0.15) is 0 Å². The molecule has 56 valence electrons. The number of hydrogen-bond donors (Lipinski definition) is 0. The average Bonchev–Trinajstić information content (AvgIpc) is 2.58. The van der Waals surface area contributed by atoms with Crippen molar-refractivity contribution in [2.45, 2.75) is 25.0 Å². The third-order valence-corrected chi connectivity index (χ3v) is 3.83. The van der Waals surface area contributed by atoms with Gasteiger partial charge in [0.15, 0.2) is 0 Å². The predicted octanol–water partition coefficient (Wildman–Crippen LogP) is 1.65. The molecule has 1 heterocycles. The van der Waals surface area contributed by atoms with Crippen LogP contribution in [0.1, 0.15) is 12.8 Å². The van der Waals surface area contributed by atoms with Crippen molar-refractivity contribution < 1.29 is 4.74 Å². The minimum atomic E-state index is 0.641. The first-order valence-electron chi connectivity index (χ1n) is 4.11. The second-order valence-electron chi connectivity index (χ2n) is 3.88. The fraction of sp³-hybridized carbons (Fsp3) is 1.00. The molecule has 2 aliphatic carbocycles. The summed E-state index contributed by atoms with van der Waals surface area (Å²) in [5.41, 5.74) is 0. The summed E-state index contributed by atoms with van der Waals surface area (Å²) in [6, 6.07) is 0. The summed E-state index contributed by atoms with van der Waals surface area (Å²) >= 11 is 5.83. The van der Waals surface area contributed by atoms with E-state index in [2.05, 4.69) is 0 Å². The summed E-state index contributed by atoms with van der Waals surface area (Å²) in [5.74, 6) is 3.37. The van der Waals surface area contributed by atoms with Crippen molar-refractivity contribution in [2.75, 3.05) is 5.88 Å². The van der Waals surface area contributed by atoms with E-state index < -0.39 is 0 Å². The van der Waals surface area contributed by atoms with Gasteiger partial charge in [-0.3, -0.25) is 0 Å². The lowest BCUT2D eigenvalue weighted by molar-refractivity contribution is 0.255. The third kappa shape index (κ3) is 0.543. The Morgan fingerprint density at radius 2 is 2.20 bits per heavy atom. The fourth-order valence-electron chi connectivity index (χ4n) is 2.91. The van der Waals surface area contributed by atoms with Crippen LogP contribution in [0.15, 0.2) is 0 Å². The molecule has 3 rings (SSSR count). The van der Waals surface area contributed by atoms with Gasteiger partial charge in [-0.2, -0.15) is 0 Å². The second-order valence-corrected chi connectivity index (χ2v) is 4.18. The van der Waals surface area contributed by atoms with Crippen LogP contribution >= 0.6 is 11.6 Å². The summed E-state index contributed by atoms with van der Waals surface area (Å²) in [7, 11) is 0. The lowest BCUT2D eigenvalue weighted by Gasteiger charge is -2.14. The highest BCUT2D eigenvalue weighted by molar-refractivity contribution is 6.18. The van der Waals surface area contributed by atoms with Gasteiger partial charge in [0.25, 0.3) is 0 Å². The Balaban J connectivity index is 1.85. The maximum atomic E-state index is 5.83. The van der Waals surface area contributed by atoms with Gasteiger partial charge in [-0.15, -0.1) is 11.6 Å². The van der Waals surface area contributed by atoms with Crippen LogP contribution in [-0.2, 0) is 4.74 Å².